The van der Waals surface area contributed by atoms with E-state index < -0.39 is 27.0 Å². The lowest BCUT2D eigenvalue weighted by Crippen LogP contribution is -2.39. The van der Waals surface area contributed by atoms with Crippen molar-refractivity contribution in [3.05, 3.63) is 24.3 Å². The van der Waals surface area contributed by atoms with Crippen LogP contribution in [-0.2, 0) is 10.0 Å². The number of hydrogen-bond donors (Lipinski definition) is 0. The van der Waals surface area contributed by atoms with Gasteiger partial charge in [-0.1, -0.05) is 19.1 Å². The van der Waals surface area contributed by atoms with Crippen molar-refractivity contribution in [2.24, 2.45) is 5.92 Å². The molecule has 1 saturated heterocycles. The molecular formula is C13H16F3NO3S. The lowest BCUT2D eigenvalue weighted by Gasteiger charge is -2.30. The minimum atomic E-state index is -4.93. The number of para-hydroxylation sites is 1. The van der Waals surface area contributed by atoms with E-state index in [0.29, 0.717) is 19.5 Å². The van der Waals surface area contributed by atoms with E-state index in [1.165, 1.54) is 16.4 Å². The molecule has 0 saturated carbocycles. The van der Waals surface area contributed by atoms with E-state index in [1.54, 1.807) is 0 Å². The van der Waals surface area contributed by atoms with Crippen LogP contribution in [0.3, 0.4) is 0 Å². The summed E-state index contributed by atoms with van der Waals surface area (Å²) in [5.74, 6) is -0.507. The maximum atomic E-state index is 12.5. The van der Waals surface area contributed by atoms with Crippen LogP contribution in [0.5, 0.6) is 5.75 Å². The van der Waals surface area contributed by atoms with E-state index in [9.17, 15) is 21.6 Å². The first-order chi connectivity index (χ1) is 9.70. The highest BCUT2D eigenvalue weighted by Crippen LogP contribution is 2.32. The van der Waals surface area contributed by atoms with Crippen molar-refractivity contribution in [3.63, 3.8) is 0 Å². The van der Waals surface area contributed by atoms with Crippen molar-refractivity contribution >= 4 is 10.0 Å². The second-order valence-corrected chi connectivity index (χ2v) is 7.01. The predicted octanol–water partition coefficient (Wildman–Crippen LogP) is 3.01. The van der Waals surface area contributed by atoms with Gasteiger partial charge in [-0.05, 0) is 30.9 Å². The lowest BCUT2D eigenvalue weighted by atomic mass is 10.0. The molecule has 1 aliphatic heterocycles. The molecule has 1 aromatic carbocycles. The zero-order valence-corrected chi connectivity index (χ0v) is 12.2. The van der Waals surface area contributed by atoms with Gasteiger partial charge in [-0.3, -0.25) is 0 Å². The number of piperidine rings is 1. The van der Waals surface area contributed by atoms with Gasteiger partial charge in [-0.2, -0.15) is 4.31 Å². The summed E-state index contributed by atoms with van der Waals surface area (Å²) in [4.78, 5) is -0.448. The van der Waals surface area contributed by atoms with Gasteiger partial charge in [-0.25, -0.2) is 8.42 Å². The lowest BCUT2D eigenvalue weighted by molar-refractivity contribution is -0.275. The van der Waals surface area contributed by atoms with E-state index in [0.717, 1.165) is 18.6 Å². The molecule has 1 atom stereocenters. The van der Waals surface area contributed by atoms with E-state index in [-0.39, 0.29) is 5.92 Å². The zero-order valence-electron chi connectivity index (χ0n) is 11.4. The topological polar surface area (TPSA) is 46.6 Å². The van der Waals surface area contributed by atoms with E-state index in [1.807, 2.05) is 6.92 Å². The first-order valence-corrected chi connectivity index (χ1v) is 7.99. The smallest absolute Gasteiger partial charge is 0.404 e. The number of sulfonamides is 1. The Hall–Kier alpha value is -1.28. The molecule has 0 spiro atoms. The Kier molecular flexibility index (Phi) is 4.48. The molecule has 0 amide bonds. The van der Waals surface area contributed by atoms with Crippen LogP contribution in [0.1, 0.15) is 19.8 Å². The number of nitrogens with zero attached hydrogens (tertiary/aromatic N) is 1. The molecule has 1 aromatic rings. The Bertz CT molecular complexity index is 601. The van der Waals surface area contributed by atoms with Gasteiger partial charge in [0.05, 0.1) is 0 Å². The average Bonchev–Trinajstić information content (AvgIpc) is 2.37. The van der Waals surface area contributed by atoms with Crippen LogP contribution in [0.4, 0.5) is 13.2 Å². The van der Waals surface area contributed by atoms with Crippen LogP contribution >= 0.6 is 0 Å². The highest BCUT2D eigenvalue weighted by molar-refractivity contribution is 7.89. The van der Waals surface area contributed by atoms with Crippen LogP contribution in [-0.4, -0.2) is 32.2 Å². The molecule has 2 rings (SSSR count). The molecule has 8 heteroatoms. The van der Waals surface area contributed by atoms with Crippen LogP contribution in [0, 0.1) is 5.92 Å². The summed E-state index contributed by atoms with van der Waals surface area (Å²) in [5.41, 5.74) is 0. The molecule has 1 heterocycles. The van der Waals surface area contributed by atoms with E-state index >= 15 is 0 Å². The fourth-order valence-corrected chi connectivity index (χ4v) is 4.09. The number of ether oxygens (including phenoxy) is 1. The molecule has 118 valence electrons. The molecule has 21 heavy (non-hydrogen) atoms. The minimum Gasteiger partial charge on any atom is -0.404 e. The Morgan fingerprint density at radius 1 is 1.29 bits per heavy atom. The van der Waals surface area contributed by atoms with Crippen molar-refractivity contribution in [2.75, 3.05) is 13.1 Å². The molecule has 1 aliphatic rings. The first-order valence-electron chi connectivity index (χ1n) is 6.55. The quantitative estimate of drug-likeness (QED) is 0.859. The molecule has 1 fully saturated rings. The van der Waals surface area contributed by atoms with E-state index in [4.69, 9.17) is 0 Å². The third kappa shape index (κ3) is 3.88. The summed E-state index contributed by atoms with van der Waals surface area (Å²) in [5, 5.41) is 0. The second kappa shape index (κ2) is 5.84. The molecule has 1 unspecified atom stereocenters. The summed E-state index contributed by atoms with van der Waals surface area (Å²) >= 11 is 0. The summed E-state index contributed by atoms with van der Waals surface area (Å²) in [6, 6.07) is 4.83. The number of halogens is 3. The van der Waals surface area contributed by atoms with Crippen LogP contribution in [0.25, 0.3) is 0 Å². The number of benzene rings is 1. The second-order valence-electron chi connectivity index (χ2n) is 5.10. The predicted molar refractivity (Wildman–Crippen MR) is 70.3 cm³/mol. The Morgan fingerprint density at radius 3 is 2.57 bits per heavy atom. The van der Waals surface area contributed by atoms with Crippen LogP contribution < -0.4 is 4.74 Å². The van der Waals surface area contributed by atoms with Gasteiger partial charge in [0, 0.05) is 13.1 Å². The summed E-state index contributed by atoms with van der Waals surface area (Å²) in [7, 11) is -3.99. The van der Waals surface area contributed by atoms with Gasteiger partial charge in [0.1, 0.15) is 10.6 Å². The molecule has 0 aliphatic carbocycles. The Morgan fingerprint density at radius 2 is 1.95 bits per heavy atom. The monoisotopic (exact) mass is 323 g/mol. The standard InChI is InChI=1S/C13H16F3NO3S/c1-10-5-4-8-17(9-10)21(18,19)12-7-3-2-6-11(12)20-13(14,15)16/h2-3,6-7,10H,4-5,8-9H2,1H3. The Labute approximate surface area is 121 Å². The summed E-state index contributed by atoms with van der Waals surface area (Å²) in [6.07, 6.45) is -3.32. The van der Waals surface area contributed by atoms with Gasteiger partial charge < -0.3 is 4.74 Å². The first kappa shape index (κ1) is 16.1. The Balaban J connectivity index is 2.36. The third-order valence-electron chi connectivity index (χ3n) is 3.31. The van der Waals surface area contributed by atoms with Crippen LogP contribution in [0.15, 0.2) is 29.2 Å². The molecule has 0 bridgehead atoms. The van der Waals surface area contributed by atoms with E-state index in [2.05, 4.69) is 4.74 Å². The molecule has 0 radical (unpaired) electrons. The van der Waals surface area contributed by atoms with Gasteiger partial charge in [0.15, 0.2) is 0 Å². The van der Waals surface area contributed by atoms with Crippen molar-refractivity contribution in [1.82, 2.24) is 4.31 Å². The highest BCUT2D eigenvalue weighted by atomic mass is 32.2. The van der Waals surface area contributed by atoms with Gasteiger partial charge in [-0.15, -0.1) is 13.2 Å². The molecule has 4 nitrogen and oxygen atoms in total. The molecular weight excluding hydrogens is 307 g/mol. The third-order valence-corrected chi connectivity index (χ3v) is 5.22. The average molecular weight is 323 g/mol. The van der Waals surface area contributed by atoms with Crippen LogP contribution in [0.2, 0.25) is 0 Å². The largest absolute Gasteiger partial charge is 0.573 e. The zero-order chi connectivity index (χ0) is 15.7. The van der Waals surface area contributed by atoms with Crippen molar-refractivity contribution < 1.29 is 26.3 Å². The summed E-state index contributed by atoms with van der Waals surface area (Å²) < 4.78 is 67.2. The number of alkyl halides is 3. The molecule has 0 N–H and O–H groups in total. The van der Waals surface area contributed by atoms with Gasteiger partial charge >= 0.3 is 6.36 Å². The van der Waals surface area contributed by atoms with Crippen molar-refractivity contribution in [3.8, 4) is 5.75 Å². The van der Waals surface area contributed by atoms with Gasteiger partial charge in [0.25, 0.3) is 0 Å². The fourth-order valence-electron chi connectivity index (χ4n) is 2.38. The maximum Gasteiger partial charge on any atom is 0.573 e. The molecule has 0 aromatic heterocycles. The fraction of sp³-hybridized carbons (Fsp3) is 0.538. The summed E-state index contributed by atoms with van der Waals surface area (Å²) in [6.45, 7) is 2.54. The normalized spacial score (nSPS) is 21.2. The van der Waals surface area contributed by atoms with Gasteiger partial charge in [0.2, 0.25) is 10.0 Å². The number of hydrogen-bond acceptors (Lipinski definition) is 3. The SMILES string of the molecule is CC1CCCN(S(=O)(=O)c2ccccc2OC(F)(F)F)C1. The van der Waals surface area contributed by atoms with Crippen molar-refractivity contribution in [2.45, 2.75) is 31.0 Å². The highest BCUT2D eigenvalue weighted by Gasteiger charge is 2.36. The number of rotatable bonds is 3. The maximum absolute atomic E-state index is 12.5. The minimum absolute atomic E-state index is 0.184. The van der Waals surface area contributed by atoms with Crippen molar-refractivity contribution in [1.29, 1.82) is 0 Å².